The summed E-state index contributed by atoms with van der Waals surface area (Å²) in [5, 5.41) is 1.35. The molecule has 0 aliphatic rings. The molecule has 116 valence electrons. The second-order valence-electron chi connectivity index (χ2n) is 5.01. The number of nitrogens with zero attached hydrogens (tertiary/aromatic N) is 1. The third-order valence-electron chi connectivity index (χ3n) is 3.39. The lowest BCUT2D eigenvalue weighted by atomic mass is 10.1. The highest BCUT2D eigenvalue weighted by Crippen LogP contribution is 2.33. The largest absolute Gasteiger partial charge is 0.497 e. The predicted molar refractivity (Wildman–Crippen MR) is 89.8 cm³/mol. The van der Waals surface area contributed by atoms with E-state index >= 15 is 0 Å². The molecule has 4 nitrogen and oxygen atoms in total. The summed E-state index contributed by atoms with van der Waals surface area (Å²) in [5.41, 5.74) is 1.19. The fourth-order valence-electron chi connectivity index (χ4n) is 2.18. The number of ether oxygens (including phenoxy) is 2. The van der Waals surface area contributed by atoms with E-state index in [1.54, 1.807) is 37.4 Å². The zero-order valence-electron chi connectivity index (χ0n) is 12.7. The molecule has 0 fully saturated rings. The number of pyridine rings is 1. The topological polar surface area (TPSA) is 48.4 Å². The van der Waals surface area contributed by atoms with Gasteiger partial charge in [0.2, 0.25) is 0 Å². The van der Waals surface area contributed by atoms with Gasteiger partial charge in [0.1, 0.15) is 22.9 Å². The van der Waals surface area contributed by atoms with Crippen LogP contribution in [0.3, 0.4) is 0 Å². The molecule has 0 N–H and O–H groups in total. The smallest absolute Gasteiger partial charge is 0.178 e. The van der Waals surface area contributed by atoms with E-state index in [0.29, 0.717) is 28.0 Å². The average molecular weight is 328 g/mol. The third-order valence-corrected chi connectivity index (χ3v) is 3.68. The van der Waals surface area contributed by atoms with Gasteiger partial charge < -0.3 is 9.47 Å². The van der Waals surface area contributed by atoms with Gasteiger partial charge in [-0.25, -0.2) is 4.98 Å². The number of rotatable bonds is 4. The Bertz CT molecular complexity index is 893. The SMILES string of the molecule is COc1ccc(Oc2ccc3nc(C(C)=O)ccc3c2)c(Cl)c1. The summed E-state index contributed by atoms with van der Waals surface area (Å²) in [5.74, 6) is 1.79. The van der Waals surface area contributed by atoms with Crippen molar-refractivity contribution in [2.45, 2.75) is 6.92 Å². The van der Waals surface area contributed by atoms with Gasteiger partial charge in [0, 0.05) is 18.4 Å². The molecule has 0 saturated carbocycles. The van der Waals surface area contributed by atoms with Gasteiger partial charge in [-0.15, -0.1) is 0 Å². The summed E-state index contributed by atoms with van der Waals surface area (Å²) in [6, 6.07) is 14.2. The maximum absolute atomic E-state index is 11.4. The number of methoxy groups -OCH3 is 1. The summed E-state index contributed by atoms with van der Waals surface area (Å²) < 4.78 is 10.9. The fourth-order valence-corrected chi connectivity index (χ4v) is 2.39. The first kappa shape index (κ1) is 15.3. The van der Waals surface area contributed by atoms with Crippen molar-refractivity contribution in [1.29, 1.82) is 0 Å². The second-order valence-corrected chi connectivity index (χ2v) is 5.41. The van der Waals surface area contributed by atoms with Crippen molar-refractivity contribution in [2.75, 3.05) is 7.11 Å². The van der Waals surface area contributed by atoms with Crippen LogP contribution in [-0.2, 0) is 0 Å². The summed E-state index contributed by atoms with van der Waals surface area (Å²) in [6.45, 7) is 1.50. The highest BCUT2D eigenvalue weighted by Gasteiger charge is 2.07. The molecule has 1 aromatic heterocycles. The van der Waals surface area contributed by atoms with Gasteiger partial charge in [-0.1, -0.05) is 17.7 Å². The van der Waals surface area contributed by atoms with Crippen LogP contribution in [0.4, 0.5) is 0 Å². The van der Waals surface area contributed by atoms with E-state index in [4.69, 9.17) is 21.1 Å². The predicted octanol–water partition coefficient (Wildman–Crippen LogP) is 4.89. The number of aromatic nitrogens is 1. The van der Waals surface area contributed by atoms with Crippen molar-refractivity contribution in [3.8, 4) is 17.2 Å². The van der Waals surface area contributed by atoms with Gasteiger partial charge in [0.15, 0.2) is 5.78 Å². The summed E-state index contributed by atoms with van der Waals surface area (Å²) in [7, 11) is 1.58. The summed E-state index contributed by atoms with van der Waals surface area (Å²) in [4.78, 5) is 15.7. The Morgan fingerprint density at radius 3 is 2.52 bits per heavy atom. The Balaban J connectivity index is 1.92. The van der Waals surface area contributed by atoms with Gasteiger partial charge in [-0.05, 0) is 36.4 Å². The average Bonchev–Trinajstić information content (AvgIpc) is 2.56. The fraction of sp³-hybridized carbons (Fsp3) is 0.111. The Kier molecular flexibility index (Phi) is 4.17. The van der Waals surface area contributed by atoms with Crippen LogP contribution >= 0.6 is 11.6 Å². The van der Waals surface area contributed by atoms with E-state index < -0.39 is 0 Å². The maximum Gasteiger partial charge on any atom is 0.178 e. The van der Waals surface area contributed by atoms with E-state index in [1.807, 2.05) is 18.2 Å². The van der Waals surface area contributed by atoms with E-state index in [0.717, 1.165) is 10.9 Å². The van der Waals surface area contributed by atoms with Crippen LogP contribution in [0.1, 0.15) is 17.4 Å². The zero-order valence-corrected chi connectivity index (χ0v) is 13.4. The van der Waals surface area contributed by atoms with Gasteiger partial charge in [-0.2, -0.15) is 0 Å². The molecule has 3 rings (SSSR count). The molecule has 0 atom stereocenters. The quantitative estimate of drug-likeness (QED) is 0.640. The molecule has 0 unspecified atom stereocenters. The van der Waals surface area contributed by atoms with Crippen molar-refractivity contribution >= 4 is 28.3 Å². The van der Waals surface area contributed by atoms with Gasteiger partial charge in [-0.3, -0.25) is 4.79 Å². The number of hydrogen-bond acceptors (Lipinski definition) is 4. The van der Waals surface area contributed by atoms with Crippen molar-refractivity contribution < 1.29 is 14.3 Å². The lowest BCUT2D eigenvalue weighted by molar-refractivity contribution is 0.101. The Hall–Kier alpha value is -2.59. The van der Waals surface area contributed by atoms with Gasteiger partial charge >= 0.3 is 0 Å². The van der Waals surface area contributed by atoms with Crippen LogP contribution in [0.15, 0.2) is 48.5 Å². The minimum atomic E-state index is -0.0581. The Morgan fingerprint density at radius 1 is 1.04 bits per heavy atom. The van der Waals surface area contributed by atoms with Crippen molar-refractivity contribution in [3.63, 3.8) is 0 Å². The number of carbonyl (C=O) groups is 1. The van der Waals surface area contributed by atoms with Crippen LogP contribution in [0.25, 0.3) is 10.9 Å². The number of halogens is 1. The highest BCUT2D eigenvalue weighted by molar-refractivity contribution is 6.32. The highest BCUT2D eigenvalue weighted by atomic mass is 35.5. The van der Waals surface area contributed by atoms with E-state index in [2.05, 4.69) is 4.98 Å². The minimum Gasteiger partial charge on any atom is -0.497 e. The molecule has 2 aromatic carbocycles. The van der Waals surface area contributed by atoms with Crippen LogP contribution in [0.2, 0.25) is 5.02 Å². The molecule has 0 radical (unpaired) electrons. The van der Waals surface area contributed by atoms with Crippen LogP contribution in [0.5, 0.6) is 17.2 Å². The monoisotopic (exact) mass is 327 g/mol. The zero-order chi connectivity index (χ0) is 16.4. The first-order chi connectivity index (χ1) is 11.1. The molecular weight excluding hydrogens is 314 g/mol. The lowest BCUT2D eigenvalue weighted by Crippen LogP contribution is -1.96. The summed E-state index contributed by atoms with van der Waals surface area (Å²) >= 11 is 6.18. The third kappa shape index (κ3) is 3.27. The first-order valence-corrected chi connectivity index (χ1v) is 7.38. The molecule has 0 saturated heterocycles. The maximum atomic E-state index is 11.4. The van der Waals surface area contributed by atoms with E-state index in [-0.39, 0.29) is 5.78 Å². The van der Waals surface area contributed by atoms with Crippen molar-refractivity contribution in [2.24, 2.45) is 0 Å². The van der Waals surface area contributed by atoms with E-state index in [9.17, 15) is 4.79 Å². The van der Waals surface area contributed by atoms with Crippen molar-refractivity contribution in [3.05, 3.63) is 59.2 Å². The van der Waals surface area contributed by atoms with E-state index in [1.165, 1.54) is 6.92 Å². The first-order valence-electron chi connectivity index (χ1n) is 7.00. The van der Waals surface area contributed by atoms with Crippen LogP contribution in [0, 0.1) is 0 Å². The standard InChI is InChI=1S/C18H14ClNO3/c1-11(21)16-6-3-12-9-14(4-7-17(12)20-16)23-18-8-5-13(22-2)10-15(18)19/h3-10H,1-2H3. The number of ketones is 1. The molecule has 23 heavy (non-hydrogen) atoms. The van der Waals surface area contributed by atoms with Crippen LogP contribution < -0.4 is 9.47 Å². The molecule has 0 bridgehead atoms. The molecule has 1 heterocycles. The number of benzene rings is 2. The van der Waals surface area contributed by atoms with Gasteiger partial charge in [0.25, 0.3) is 0 Å². The minimum absolute atomic E-state index is 0.0581. The molecular formula is C18H14ClNO3. The summed E-state index contributed by atoms with van der Waals surface area (Å²) in [6.07, 6.45) is 0. The Morgan fingerprint density at radius 2 is 1.83 bits per heavy atom. The number of carbonyl (C=O) groups excluding carboxylic acids is 1. The Labute approximate surface area is 138 Å². The molecule has 0 aliphatic carbocycles. The second kappa shape index (κ2) is 6.26. The lowest BCUT2D eigenvalue weighted by Gasteiger charge is -2.10. The molecule has 0 spiro atoms. The molecule has 0 aliphatic heterocycles. The number of Topliss-reactive ketones (excluding diaryl/α,β-unsaturated/α-hetero) is 1. The number of fused-ring (bicyclic) bond motifs is 1. The number of hydrogen-bond donors (Lipinski definition) is 0. The van der Waals surface area contributed by atoms with Crippen LogP contribution in [-0.4, -0.2) is 17.9 Å². The van der Waals surface area contributed by atoms with Crippen molar-refractivity contribution in [1.82, 2.24) is 4.98 Å². The molecule has 0 amide bonds. The van der Waals surface area contributed by atoms with Gasteiger partial charge in [0.05, 0.1) is 17.6 Å². The normalized spacial score (nSPS) is 10.6. The molecule has 5 heteroatoms. The molecule has 3 aromatic rings.